The van der Waals surface area contributed by atoms with Crippen LogP contribution in [0, 0.1) is 5.82 Å². The molecule has 0 spiro atoms. The Labute approximate surface area is 219 Å². The average Bonchev–Trinajstić information content (AvgIpc) is 3.68. The normalized spacial score (nSPS) is 19.9. The largest absolute Gasteiger partial charge is 0.507 e. The van der Waals surface area contributed by atoms with Crippen LogP contribution in [0.4, 0.5) is 4.39 Å². The van der Waals surface area contributed by atoms with Crippen LogP contribution in [0.25, 0.3) is 5.76 Å². The van der Waals surface area contributed by atoms with Crippen LogP contribution in [-0.4, -0.2) is 63.6 Å². The van der Waals surface area contributed by atoms with Crippen molar-refractivity contribution in [1.82, 2.24) is 18.8 Å². The number of aromatic nitrogens is 2. The van der Waals surface area contributed by atoms with E-state index in [0.29, 0.717) is 31.6 Å². The summed E-state index contributed by atoms with van der Waals surface area (Å²) < 4.78 is 42.7. The Morgan fingerprint density at radius 3 is 2.32 bits per heavy atom. The molecule has 1 unspecified atom stereocenters. The zero-order valence-corrected chi connectivity index (χ0v) is 21.3. The number of ketones is 1. The second-order valence-corrected chi connectivity index (χ2v) is 11.3. The molecule has 5 rings (SSSR count). The molecule has 3 heterocycles. The van der Waals surface area contributed by atoms with Gasteiger partial charge >= 0.3 is 0 Å². The van der Waals surface area contributed by atoms with E-state index >= 15 is 0 Å². The molecule has 1 N–H and O–H groups in total. The van der Waals surface area contributed by atoms with Crippen molar-refractivity contribution in [2.24, 2.45) is 0 Å². The van der Waals surface area contributed by atoms with E-state index < -0.39 is 39.3 Å². The van der Waals surface area contributed by atoms with Crippen molar-refractivity contribution in [3.8, 4) is 0 Å². The van der Waals surface area contributed by atoms with E-state index in [2.05, 4.69) is 4.98 Å². The second kappa shape index (κ2) is 10.5. The number of nitrogens with zero attached hydrogens (tertiary/aromatic N) is 4. The van der Waals surface area contributed by atoms with Crippen molar-refractivity contribution in [2.75, 3.05) is 19.6 Å². The first-order valence-electron chi connectivity index (χ1n) is 12.4. The van der Waals surface area contributed by atoms with Gasteiger partial charge in [0, 0.05) is 44.1 Å². The van der Waals surface area contributed by atoms with E-state index in [1.165, 1.54) is 57.7 Å². The van der Waals surface area contributed by atoms with E-state index in [-0.39, 0.29) is 22.6 Å². The maximum Gasteiger partial charge on any atom is 0.295 e. The number of rotatable bonds is 8. The van der Waals surface area contributed by atoms with Crippen LogP contribution in [0.1, 0.15) is 36.4 Å². The fraction of sp³-hybridized carbons (Fsp3) is 0.296. The molecule has 2 aliphatic heterocycles. The number of halogens is 1. The summed E-state index contributed by atoms with van der Waals surface area (Å²) in [6, 6.07) is 10.1. The molecule has 3 aromatic rings. The molecule has 9 nitrogen and oxygen atoms in total. The van der Waals surface area contributed by atoms with Gasteiger partial charge in [-0.15, -0.1) is 0 Å². The van der Waals surface area contributed by atoms with Crippen LogP contribution in [0.2, 0.25) is 0 Å². The van der Waals surface area contributed by atoms with Gasteiger partial charge in [0.2, 0.25) is 10.0 Å². The minimum atomic E-state index is -3.65. The Morgan fingerprint density at radius 1 is 1.00 bits per heavy atom. The first kappa shape index (κ1) is 25.8. The van der Waals surface area contributed by atoms with Crippen LogP contribution in [0.5, 0.6) is 0 Å². The Bertz CT molecular complexity index is 1460. The van der Waals surface area contributed by atoms with Gasteiger partial charge in [-0.2, -0.15) is 4.31 Å². The molecular weight excluding hydrogens is 511 g/mol. The van der Waals surface area contributed by atoms with Crippen molar-refractivity contribution in [2.45, 2.75) is 36.7 Å². The van der Waals surface area contributed by atoms with Gasteiger partial charge in [0.05, 0.1) is 22.8 Å². The number of aliphatic hydroxyl groups excluding tert-OH is 1. The van der Waals surface area contributed by atoms with E-state index in [0.717, 1.165) is 12.8 Å². The van der Waals surface area contributed by atoms with E-state index in [1.807, 2.05) is 4.57 Å². The van der Waals surface area contributed by atoms with Crippen molar-refractivity contribution >= 4 is 27.5 Å². The highest BCUT2D eigenvalue weighted by atomic mass is 32.2. The molecule has 38 heavy (non-hydrogen) atoms. The number of amides is 1. The van der Waals surface area contributed by atoms with Gasteiger partial charge in [-0.05, 0) is 61.2 Å². The summed E-state index contributed by atoms with van der Waals surface area (Å²) in [6.45, 7) is 1.71. The number of Topliss-reactive ketones (excluding diaryl/α,β-unsaturated/α-hetero) is 1. The van der Waals surface area contributed by atoms with Gasteiger partial charge in [-0.1, -0.05) is 12.1 Å². The molecule has 0 saturated carbocycles. The standard InChI is InChI=1S/C27H27FN4O5S/c28-21-8-4-19(5-9-21)24-23(26(34)27(35)32(24)16-3-13-30-17-12-29-18-30)25(33)20-6-10-22(11-7-20)38(36,37)31-14-1-2-15-31/h4-12,17-18,24,33H,1-3,13-16H2/b25-23-. The summed E-state index contributed by atoms with van der Waals surface area (Å²) in [4.78, 5) is 31.7. The maximum absolute atomic E-state index is 13.7. The lowest BCUT2D eigenvalue weighted by Crippen LogP contribution is -2.31. The molecule has 0 bridgehead atoms. The van der Waals surface area contributed by atoms with E-state index in [1.54, 1.807) is 18.7 Å². The number of likely N-dealkylation sites (tertiary alicyclic amines) is 1. The lowest BCUT2D eigenvalue weighted by molar-refractivity contribution is -0.139. The fourth-order valence-corrected chi connectivity index (χ4v) is 6.48. The number of carbonyl (C=O) groups excluding carboxylic acids is 2. The third-order valence-corrected chi connectivity index (χ3v) is 8.84. The highest BCUT2D eigenvalue weighted by Crippen LogP contribution is 2.39. The zero-order valence-electron chi connectivity index (χ0n) is 20.5. The number of carbonyl (C=O) groups is 2. The molecule has 0 aliphatic carbocycles. The van der Waals surface area contributed by atoms with Crippen LogP contribution < -0.4 is 0 Å². The number of hydrogen-bond donors (Lipinski definition) is 1. The summed E-state index contributed by atoms with van der Waals surface area (Å²) in [5, 5.41) is 11.2. The molecule has 198 valence electrons. The SMILES string of the molecule is O=C1C(=O)N(CCCn2ccnc2)C(c2ccc(F)cc2)/C1=C(/O)c1ccc(S(=O)(=O)N2CCCC2)cc1. The molecule has 1 amide bonds. The second-order valence-electron chi connectivity index (χ2n) is 9.33. The minimum absolute atomic E-state index is 0.0889. The molecule has 1 atom stereocenters. The lowest BCUT2D eigenvalue weighted by Gasteiger charge is -2.25. The summed E-state index contributed by atoms with van der Waals surface area (Å²) >= 11 is 0. The summed E-state index contributed by atoms with van der Waals surface area (Å²) in [7, 11) is -3.65. The summed E-state index contributed by atoms with van der Waals surface area (Å²) in [6.07, 6.45) is 7.22. The van der Waals surface area contributed by atoms with Crippen LogP contribution >= 0.6 is 0 Å². The smallest absolute Gasteiger partial charge is 0.295 e. The number of imidazole rings is 1. The number of hydrogen-bond acceptors (Lipinski definition) is 6. The van der Waals surface area contributed by atoms with Crippen molar-refractivity contribution in [3.63, 3.8) is 0 Å². The highest BCUT2D eigenvalue weighted by Gasteiger charge is 2.45. The molecule has 2 fully saturated rings. The van der Waals surface area contributed by atoms with Gasteiger partial charge in [0.15, 0.2) is 0 Å². The molecule has 2 saturated heterocycles. The first-order chi connectivity index (χ1) is 18.3. The Balaban J connectivity index is 1.48. The first-order valence-corrected chi connectivity index (χ1v) is 13.8. The Kier molecular flexibility index (Phi) is 7.13. The summed E-state index contributed by atoms with van der Waals surface area (Å²) in [5.41, 5.74) is 0.552. The molecule has 0 radical (unpaired) electrons. The molecule has 2 aromatic carbocycles. The van der Waals surface area contributed by atoms with Gasteiger partial charge in [0.25, 0.3) is 11.7 Å². The minimum Gasteiger partial charge on any atom is -0.507 e. The van der Waals surface area contributed by atoms with Crippen molar-refractivity contribution < 1.29 is 27.5 Å². The number of aryl methyl sites for hydroxylation is 1. The third kappa shape index (κ3) is 4.86. The van der Waals surface area contributed by atoms with Crippen molar-refractivity contribution in [1.29, 1.82) is 0 Å². The predicted octanol–water partition coefficient (Wildman–Crippen LogP) is 3.32. The maximum atomic E-state index is 13.7. The van der Waals surface area contributed by atoms with Gasteiger partial charge in [0.1, 0.15) is 11.6 Å². The van der Waals surface area contributed by atoms with Gasteiger partial charge in [-0.25, -0.2) is 17.8 Å². The molecule has 2 aliphatic rings. The predicted molar refractivity (Wildman–Crippen MR) is 137 cm³/mol. The lowest BCUT2D eigenvalue weighted by atomic mass is 9.95. The van der Waals surface area contributed by atoms with Crippen LogP contribution in [0.15, 0.2) is 77.7 Å². The quantitative estimate of drug-likeness (QED) is 0.268. The number of sulfonamides is 1. The topological polar surface area (TPSA) is 113 Å². The van der Waals surface area contributed by atoms with Crippen LogP contribution in [0.3, 0.4) is 0 Å². The zero-order chi connectivity index (χ0) is 26.9. The van der Waals surface area contributed by atoms with Crippen LogP contribution in [-0.2, 0) is 26.2 Å². The summed E-state index contributed by atoms with van der Waals surface area (Å²) in [5.74, 6) is -2.51. The number of benzene rings is 2. The number of aliphatic hydroxyl groups is 1. The third-order valence-electron chi connectivity index (χ3n) is 6.93. The molecule has 11 heteroatoms. The van der Waals surface area contributed by atoms with E-state index in [9.17, 15) is 27.5 Å². The average molecular weight is 539 g/mol. The van der Waals surface area contributed by atoms with E-state index in [4.69, 9.17) is 0 Å². The molecule has 1 aromatic heterocycles. The van der Waals surface area contributed by atoms with Crippen molar-refractivity contribution in [3.05, 3.63) is 89.8 Å². The van der Waals surface area contributed by atoms with Gasteiger partial charge < -0.3 is 14.6 Å². The highest BCUT2D eigenvalue weighted by molar-refractivity contribution is 7.89. The Hall–Kier alpha value is -3.83. The Morgan fingerprint density at radius 2 is 1.68 bits per heavy atom. The fourth-order valence-electron chi connectivity index (χ4n) is 4.96. The molecular formula is C27H27FN4O5S. The van der Waals surface area contributed by atoms with Gasteiger partial charge in [-0.3, -0.25) is 9.59 Å². The monoisotopic (exact) mass is 538 g/mol.